The third kappa shape index (κ3) is 3.71. The van der Waals surface area contributed by atoms with E-state index in [1.54, 1.807) is 13.1 Å². The summed E-state index contributed by atoms with van der Waals surface area (Å²) < 4.78 is 2.21. The van der Waals surface area contributed by atoms with E-state index < -0.39 is 0 Å². The fraction of sp³-hybridized carbons (Fsp3) is 0.476. The summed E-state index contributed by atoms with van der Waals surface area (Å²) in [7, 11) is 3.73. The van der Waals surface area contributed by atoms with Crippen molar-refractivity contribution in [2.45, 2.75) is 51.9 Å². The van der Waals surface area contributed by atoms with Gasteiger partial charge in [-0.05, 0) is 37.1 Å². The lowest BCUT2D eigenvalue weighted by Gasteiger charge is -2.07. The molecular formula is C21H28N4O. The quantitative estimate of drug-likeness (QED) is 0.612. The van der Waals surface area contributed by atoms with Crippen LogP contribution in [0.3, 0.4) is 0 Å². The lowest BCUT2D eigenvalue weighted by molar-refractivity contribution is 0.0963. The summed E-state index contributed by atoms with van der Waals surface area (Å²) in [5, 5.41) is 12.4. The van der Waals surface area contributed by atoms with Gasteiger partial charge < -0.3 is 9.88 Å². The molecule has 0 aliphatic rings. The molecule has 2 heterocycles. The zero-order valence-electron chi connectivity index (χ0n) is 16.0. The van der Waals surface area contributed by atoms with Gasteiger partial charge in [0.2, 0.25) is 0 Å². The second-order valence-corrected chi connectivity index (χ2v) is 6.96. The number of carbonyl (C=O) groups is 1. The molecule has 5 heteroatoms. The number of benzene rings is 1. The molecule has 0 radical (unpaired) electrons. The molecule has 0 atom stereocenters. The molecule has 0 unspecified atom stereocenters. The van der Waals surface area contributed by atoms with Crippen molar-refractivity contribution in [3.63, 3.8) is 0 Å². The highest BCUT2D eigenvalue weighted by molar-refractivity contribution is 6.06. The molecule has 138 valence electrons. The molecule has 2 aromatic heterocycles. The zero-order chi connectivity index (χ0) is 18.5. The second kappa shape index (κ2) is 8.30. The van der Waals surface area contributed by atoms with E-state index in [4.69, 9.17) is 0 Å². The summed E-state index contributed by atoms with van der Waals surface area (Å²) in [5.41, 5.74) is 4.70. The van der Waals surface area contributed by atoms with Crippen LogP contribution in [0.1, 0.15) is 61.5 Å². The van der Waals surface area contributed by atoms with E-state index in [1.165, 1.54) is 44.2 Å². The van der Waals surface area contributed by atoms with Gasteiger partial charge in [-0.2, -0.15) is 0 Å². The monoisotopic (exact) mass is 352 g/mol. The Hall–Kier alpha value is -2.43. The highest BCUT2D eigenvalue weighted by Crippen LogP contribution is 2.26. The molecule has 5 nitrogen and oxygen atoms in total. The Morgan fingerprint density at radius 3 is 2.54 bits per heavy atom. The fourth-order valence-electron chi connectivity index (χ4n) is 3.57. The first-order chi connectivity index (χ1) is 12.7. The summed E-state index contributed by atoms with van der Waals surface area (Å²) in [4.78, 5) is 12.0. The van der Waals surface area contributed by atoms with Crippen molar-refractivity contribution in [3.8, 4) is 0 Å². The van der Waals surface area contributed by atoms with Crippen molar-refractivity contribution in [3.05, 3.63) is 35.5 Å². The van der Waals surface area contributed by atoms with Gasteiger partial charge in [0.15, 0.2) is 0 Å². The van der Waals surface area contributed by atoms with E-state index in [-0.39, 0.29) is 5.91 Å². The van der Waals surface area contributed by atoms with E-state index in [9.17, 15) is 4.79 Å². The summed E-state index contributed by atoms with van der Waals surface area (Å²) >= 11 is 0. The smallest absolute Gasteiger partial charge is 0.251 e. The van der Waals surface area contributed by atoms with Gasteiger partial charge in [-0.15, -0.1) is 10.2 Å². The molecule has 1 aromatic carbocycles. The highest BCUT2D eigenvalue weighted by Gasteiger charge is 2.13. The van der Waals surface area contributed by atoms with Crippen molar-refractivity contribution in [2.24, 2.45) is 7.05 Å². The molecular weight excluding hydrogens is 324 g/mol. The second-order valence-electron chi connectivity index (χ2n) is 6.96. The summed E-state index contributed by atoms with van der Waals surface area (Å²) in [6.07, 6.45) is 8.80. The van der Waals surface area contributed by atoms with Crippen molar-refractivity contribution < 1.29 is 4.79 Å². The van der Waals surface area contributed by atoms with E-state index in [1.807, 2.05) is 12.1 Å². The van der Waals surface area contributed by atoms with Crippen LogP contribution in [0.2, 0.25) is 0 Å². The van der Waals surface area contributed by atoms with Crippen molar-refractivity contribution in [1.29, 1.82) is 0 Å². The first kappa shape index (κ1) is 18.4. The van der Waals surface area contributed by atoms with Gasteiger partial charge in [0.1, 0.15) is 5.52 Å². The minimum atomic E-state index is -0.0848. The minimum absolute atomic E-state index is 0.0848. The van der Waals surface area contributed by atoms with Crippen LogP contribution in [-0.4, -0.2) is 27.7 Å². The number of aryl methyl sites for hydroxylation is 2. The Morgan fingerprint density at radius 1 is 1.04 bits per heavy atom. The Kier molecular flexibility index (Phi) is 5.86. The molecule has 0 aliphatic heterocycles. The number of rotatable bonds is 8. The van der Waals surface area contributed by atoms with E-state index >= 15 is 0 Å². The topological polar surface area (TPSA) is 59.8 Å². The number of unbranched alkanes of at least 4 members (excludes halogenated alkanes) is 5. The molecule has 3 aromatic rings. The number of hydrogen-bond acceptors (Lipinski definition) is 3. The molecule has 1 amide bonds. The van der Waals surface area contributed by atoms with Crippen LogP contribution in [-0.2, 0) is 13.5 Å². The predicted molar refractivity (Wildman–Crippen MR) is 106 cm³/mol. The summed E-state index contributed by atoms with van der Waals surface area (Å²) in [6.45, 7) is 2.25. The molecule has 3 rings (SSSR count). The molecule has 0 aliphatic carbocycles. The van der Waals surface area contributed by atoms with Crippen LogP contribution < -0.4 is 5.32 Å². The predicted octanol–water partition coefficient (Wildman–Crippen LogP) is 4.38. The zero-order valence-corrected chi connectivity index (χ0v) is 16.0. The third-order valence-corrected chi connectivity index (χ3v) is 5.11. The first-order valence-electron chi connectivity index (χ1n) is 9.62. The van der Waals surface area contributed by atoms with Crippen LogP contribution in [0.4, 0.5) is 0 Å². The van der Waals surface area contributed by atoms with Crippen molar-refractivity contribution in [1.82, 2.24) is 20.1 Å². The van der Waals surface area contributed by atoms with E-state index in [0.717, 1.165) is 28.4 Å². The number of fused-ring (bicyclic) bond motifs is 3. The first-order valence-corrected chi connectivity index (χ1v) is 9.62. The van der Waals surface area contributed by atoms with Gasteiger partial charge >= 0.3 is 0 Å². The average Bonchev–Trinajstić information content (AvgIpc) is 2.99. The number of nitrogens with zero attached hydrogens (tertiary/aromatic N) is 3. The molecule has 26 heavy (non-hydrogen) atoms. The fourth-order valence-corrected chi connectivity index (χ4v) is 3.57. The number of amides is 1. The average molecular weight is 352 g/mol. The van der Waals surface area contributed by atoms with Crippen LogP contribution in [0.15, 0.2) is 24.3 Å². The molecule has 0 spiro atoms. The van der Waals surface area contributed by atoms with Gasteiger partial charge in [-0.1, -0.05) is 39.0 Å². The molecule has 0 saturated heterocycles. The van der Waals surface area contributed by atoms with Crippen LogP contribution in [0.25, 0.3) is 21.9 Å². The van der Waals surface area contributed by atoms with Crippen molar-refractivity contribution in [2.75, 3.05) is 7.05 Å². The lowest BCUT2D eigenvalue weighted by atomic mass is 10.1. The number of nitrogens with one attached hydrogen (secondary N) is 1. The number of aromatic nitrogens is 3. The normalized spacial score (nSPS) is 11.3. The number of hydrogen-bond donors (Lipinski definition) is 1. The Labute approximate surface area is 154 Å². The summed E-state index contributed by atoms with van der Waals surface area (Å²) in [5.74, 6) is -0.0848. The van der Waals surface area contributed by atoms with Gasteiger partial charge in [0, 0.05) is 30.7 Å². The van der Waals surface area contributed by atoms with E-state index in [0.29, 0.717) is 5.56 Å². The minimum Gasteiger partial charge on any atom is -0.355 e. The Bertz CT molecular complexity index is 913. The SMILES string of the molecule is CCCCCCCCc1cc2nnc3ccc(C(=O)NC)cc3c2n1C. The maximum absolute atomic E-state index is 12.0. The third-order valence-electron chi connectivity index (χ3n) is 5.11. The van der Waals surface area contributed by atoms with Crippen LogP contribution >= 0.6 is 0 Å². The highest BCUT2D eigenvalue weighted by atomic mass is 16.1. The van der Waals surface area contributed by atoms with Gasteiger partial charge in [-0.3, -0.25) is 4.79 Å². The largest absolute Gasteiger partial charge is 0.355 e. The van der Waals surface area contributed by atoms with Crippen LogP contribution in [0.5, 0.6) is 0 Å². The van der Waals surface area contributed by atoms with Crippen molar-refractivity contribution >= 4 is 27.8 Å². The van der Waals surface area contributed by atoms with Gasteiger partial charge in [0.25, 0.3) is 5.91 Å². The number of carbonyl (C=O) groups excluding carboxylic acids is 1. The Balaban J connectivity index is 1.87. The van der Waals surface area contributed by atoms with E-state index in [2.05, 4.69) is 40.1 Å². The lowest BCUT2D eigenvalue weighted by Crippen LogP contribution is -2.17. The van der Waals surface area contributed by atoms with Crippen LogP contribution in [0, 0.1) is 0 Å². The molecule has 1 N–H and O–H groups in total. The molecule has 0 fully saturated rings. The molecule has 0 saturated carbocycles. The molecule has 0 bridgehead atoms. The van der Waals surface area contributed by atoms with Gasteiger partial charge in [0.05, 0.1) is 11.0 Å². The maximum Gasteiger partial charge on any atom is 0.251 e. The summed E-state index contributed by atoms with van der Waals surface area (Å²) in [6, 6.07) is 7.72. The maximum atomic E-state index is 12.0. The Morgan fingerprint density at radius 2 is 1.77 bits per heavy atom. The van der Waals surface area contributed by atoms with Gasteiger partial charge in [-0.25, -0.2) is 0 Å². The standard InChI is InChI=1S/C21H28N4O/c1-4-5-6-7-8-9-10-16-14-19-20(25(16)3)17-13-15(21(26)22-2)11-12-18(17)23-24-19/h11-14H,4-10H2,1-3H3,(H,22,26).